The van der Waals surface area contributed by atoms with Crippen LogP contribution in [0.4, 0.5) is 0 Å². The molecule has 0 saturated heterocycles. The smallest absolute Gasteiger partial charge is 0.0700 e. The van der Waals surface area contributed by atoms with Crippen LogP contribution in [0.15, 0.2) is 6.20 Å². The Kier molecular flexibility index (Phi) is 5.19. The third-order valence-electron chi connectivity index (χ3n) is 5.65. The average Bonchev–Trinajstić information content (AvgIpc) is 3.12. The maximum absolute atomic E-state index is 4.79. The molecule has 0 radical (unpaired) electrons. The lowest BCUT2D eigenvalue weighted by Crippen LogP contribution is -2.30. The van der Waals surface area contributed by atoms with Gasteiger partial charge in [-0.1, -0.05) is 19.3 Å². The summed E-state index contributed by atoms with van der Waals surface area (Å²) < 4.78 is 2.01. The van der Waals surface area contributed by atoms with E-state index in [0.717, 1.165) is 12.6 Å². The number of aromatic nitrogens is 2. The van der Waals surface area contributed by atoms with E-state index in [-0.39, 0.29) is 0 Å². The molecule has 1 N–H and O–H groups in total. The summed E-state index contributed by atoms with van der Waals surface area (Å²) in [5.41, 5.74) is 2.81. The molecule has 0 amide bonds. The summed E-state index contributed by atoms with van der Waals surface area (Å²) in [6.45, 7) is 0.991. The van der Waals surface area contributed by atoms with Crippen molar-refractivity contribution in [3.8, 4) is 0 Å². The maximum atomic E-state index is 4.79. The Morgan fingerprint density at radius 2 is 1.95 bits per heavy atom. The Morgan fingerprint density at radius 1 is 1.18 bits per heavy atom. The normalized spacial score (nSPS) is 26.9. The van der Waals surface area contributed by atoms with E-state index in [1.165, 1.54) is 62.6 Å². The van der Waals surface area contributed by atoms with Crippen molar-refractivity contribution in [3.05, 3.63) is 17.5 Å². The van der Waals surface area contributed by atoms with Crippen LogP contribution in [0.5, 0.6) is 0 Å². The lowest BCUT2D eigenvalue weighted by molar-refractivity contribution is 0.293. The van der Waals surface area contributed by atoms with Crippen LogP contribution in [-0.2, 0) is 13.6 Å². The number of nitrogens with zero attached hydrogens (tertiary/aromatic N) is 3. The van der Waals surface area contributed by atoms with Gasteiger partial charge in [0.15, 0.2) is 0 Å². The molecule has 0 aromatic carbocycles. The van der Waals surface area contributed by atoms with Gasteiger partial charge in [0.25, 0.3) is 0 Å². The Balaban J connectivity index is 1.58. The summed E-state index contributed by atoms with van der Waals surface area (Å²) in [7, 11) is 6.47. The number of rotatable bonds is 5. The van der Waals surface area contributed by atoms with E-state index in [1.54, 1.807) is 0 Å². The molecule has 0 unspecified atom stereocenters. The molecule has 2 aliphatic carbocycles. The predicted molar refractivity (Wildman–Crippen MR) is 91.0 cm³/mol. The number of aryl methyl sites for hydroxylation is 1. The van der Waals surface area contributed by atoms with Crippen LogP contribution < -0.4 is 5.32 Å². The van der Waals surface area contributed by atoms with E-state index in [2.05, 4.69) is 37.6 Å². The molecular weight excluding hydrogens is 272 g/mol. The van der Waals surface area contributed by atoms with Crippen LogP contribution in [0.2, 0.25) is 0 Å². The average molecular weight is 304 g/mol. The molecule has 1 aromatic heterocycles. The van der Waals surface area contributed by atoms with Gasteiger partial charge < -0.3 is 10.2 Å². The first kappa shape index (κ1) is 16.0. The molecular formula is C18H32N4. The fraction of sp³-hybridized carbons (Fsp3) is 0.833. The van der Waals surface area contributed by atoms with Crippen LogP contribution in [0.1, 0.15) is 68.5 Å². The second-order valence-electron chi connectivity index (χ2n) is 7.56. The van der Waals surface area contributed by atoms with E-state index in [4.69, 9.17) is 5.10 Å². The van der Waals surface area contributed by atoms with Crippen LogP contribution in [0, 0.1) is 0 Å². The van der Waals surface area contributed by atoms with Crippen molar-refractivity contribution in [2.24, 2.45) is 7.05 Å². The third kappa shape index (κ3) is 3.72. The Hall–Kier alpha value is -0.870. The van der Waals surface area contributed by atoms with Gasteiger partial charge in [0.1, 0.15) is 0 Å². The van der Waals surface area contributed by atoms with E-state index in [9.17, 15) is 0 Å². The highest BCUT2D eigenvalue weighted by Gasteiger charge is 2.26. The Bertz CT molecular complexity index is 473. The van der Waals surface area contributed by atoms with Gasteiger partial charge >= 0.3 is 0 Å². The SMILES string of the molecule is CN(C)[C@@H]1CC[C@@H](NCc2cn(C)nc2C2CCCCC2)C1. The van der Waals surface area contributed by atoms with Gasteiger partial charge in [-0.05, 0) is 46.2 Å². The summed E-state index contributed by atoms with van der Waals surface area (Å²) in [6.07, 6.45) is 13.0. The minimum Gasteiger partial charge on any atom is -0.310 e. The van der Waals surface area contributed by atoms with E-state index in [1.807, 2.05) is 4.68 Å². The molecule has 2 saturated carbocycles. The van der Waals surface area contributed by atoms with E-state index >= 15 is 0 Å². The molecule has 0 spiro atoms. The number of hydrogen-bond acceptors (Lipinski definition) is 3. The molecule has 2 fully saturated rings. The molecule has 0 bridgehead atoms. The van der Waals surface area contributed by atoms with Crippen molar-refractivity contribution in [1.82, 2.24) is 20.0 Å². The van der Waals surface area contributed by atoms with Crippen molar-refractivity contribution in [2.75, 3.05) is 14.1 Å². The van der Waals surface area contributed by atoms with Crippen molar-refractivity contribution in [2.45, 2.75) is 75.9 Å². The fourth-order valence-electron chi connectivity index (χ4n) is 4.28. The first-order valence-corrected chi connectivity index (χ1v) is 9.05. The lowest BCUT2D eigenvalue weighted by atomic mass is 9.85. The van der Waals surface area contributed by atoms with Gasteiger partial charge in [0.05, 0.1) is 5.69 Å². The highest BCUT2D eigenvalue weighted by atomic mass is 15.3. The molecule has 4 nitrogen and oxygen atoms in total. The quantitative estimate of drug-likeness (QED) is 0.907. The molecule has 1 aromatic rings. The van der Waals surface area contributed by atoms with Crippen molar-refractivity contribution in [1.29, 1.82) is 0 Å². The summed E-state index contributed by atoms with van der Waals surface area (Å²) in [4.78, 5) is 2.37. The standard InChI is InChI=1S/C18H32N4/c1-21(2)17-10-9-16(11-17)19-12-15-13-22(3)20-18(15)14-7-5-4-6-8-14/h13-14,16-17,19H,4-12H2,1-3H3/t16-,17-/m1/s1. The molecule has 124 valence electrons. The van der Waals surface area contributed by atoms with Crippen molar-refractivity contribution >= 4 is 0 Å². The zero-order valence-corrected chi connectivity index (χ0v) is 14.5. The van der Waals surface area contributed by atoms with Gasteiger partial charge in [-0.3, -0.25) is 4.68 Å². The molecule has 4 heteroatoms. The van der Waals surface area contributed by atoms with Crippen LogP contribution >= 0.6 is 0 Å². The highest BCUT2D eigenvalue weighted by Crippen LogP contribution is 2.33. The number of nitrogens with one attached hydrogen (secondary N) is 1. The monoisotopic (exact) mass is 304 g/mol. The first-order chi connectivity index (χ1) is 10.6. The van der Waals surface area contributed by atoms with E-state index in [0.29, 0.717) is 12.0 Å². The van der Waals surface area contributed by atoms with Crippen molar-refractivity contribution < 1.29 is 0 Å². The van der Waals surface area contributed by atoms with Gasteiger partial charge in [0, 0.05) is 43.4 Å². The predicted octanol–water partition coefficient (Wildman–Crippen LogP) is 3.04. The van der Waals surface area contributed by atoms with E-state index < -0.39 is 0 Å². The van der Waals surface area contributed by atoms with Gasteiger partial charge in [-0.15, -0.1) is 0 Å². The zero-order chi connectivity index (χ0) is 15.5. The second kappa shape index (κ2) is 7.14. The van der Waals surface area contributed by atoms with Crippen LogP contribution in [-0.4, -0.2) is 40.9 Å². The molecule has 22 heavy (non-hydrogen) atoms. The minimum absolute atomic E-state index is 0.673. The molecule has 2 aliphatic rings. The fourth-order valence-corrected chi connectivity index (χ4v) is 4.28. The molecule has 1 heterocycles. The van der Waals surface area contributed by atoms with Crippen LogP contribution in [0.3, 0.4) is 0 Å². The summed E-state index contributed by atoms with van der Waals surface area (Å²) in [5.74, 6) is 0.699. The lowest BCUT2D eigenvalue weighted by Gasteiger charge is -2.22. The number of hydrogen-bond donors (Lipinski definition) is 1. The first-order valence-electron chi connectivity index (χ1n) is 9.05. The minimum atomic E-state index is 0.673. The second-order valence-corrected chi connectivity index (χ2v) is 7.56. The summed E-state index contributed by atoms with van der Waals surface area (Å²) >= 11 is 0. The maximum Gasteiger partial charge on any atom is 0.0700 e. The zero-order valence-electron chi connectivity index (χ0n) is 14.5. The Morgan fingerprint density at radius 3 is 2.64 bits per heavy atom. The van der Waals surface area contributed by atoms with Gasteiger partial charge in [-0.2, -0.15) is 5.10 Å². The van der Waals surface area contributed by atoms with Crippen LogP contribution in [0.25, 0.3) is 0 Å². The largest absolute Gasteiger partial charge is 0.310 e. The highest BCUT2D eigenvalue weighted by molar-refractivity contribution is 5.21. The summed E-state index contributed by atoms with van der Waals surface area (Å²) in [5, 5.41) is 8.59. The van der Waals surface area contributed by atoms with Crippen molar-refractivity contribution in [3.63, 3.8) is 0 Å². The molecule has 2 atom stereocenters. The summed E-state index contributed by atoms with van der Waals surface area (Å²) in [6, 6.07) is 1.43. The Labute approximate surface area is 135 Å². The third-order valence-corrected chi connectivity index (χ3v) is 5.65. The topological polar surface area (TPSA) is 33.1 Å². The van der Waals surface area contributed by atoms with Gasteiger partial charge in [-0.25, -0.2) is 0 Å². The molecule has 0 aliphatic heterocycles. The van der Waals surface area contributed by atoms with Gasteiger partial charge in [0.2, 0.25) is 0 Å². The molecule has 3 rings (SSSR count).